The summed E-state index contributed by atoms with van der Waals surface area (Å²) < 4.78 is 0. The number of rotatable bonds is 4. The maximum absolute atomic E-state index is 11.2. The third-order valence-corrected chi connectivity index (χ3v) is 2.86. The Balaban J connectivity index is 3.64. The number of halogens is 1. The van der Waals surface area contributed by atoms with E-state index in [0.29, 0.717) is 5.92 Å². The summed E-state index contributed by atoms with van der Waals surface area (Å²) in [5, 5.41) is 2.83. The Labute approximate surface area is 76.9 Å². The number of nitrogens with one attached hydrogen (secondary N) is 1. The molecule has 0 aromatic heterocycles. The molecule has 3 heteroatoms. The molecule has 0 saturated heterocycles. The Morgan fingerprint density at radius 2 is 2.09 bits per heavy atom. The molecule has 1 unspecified atom stereocenters. The van der Waals surface area contributed by atoms with Crippen molar-refractivity contribution in [3.8, 4) is 0 Å². The van der Waals surface area contributed by atoms with Crippen LogP contribution in [0.1, 0.15) is 27.2 Å². The molecule has 2 nitrogen and oxygen atoms in total. The van der Waals surface area contributed by atoms with Crippen LogP contribution in [0, 0.1) is 5.92 Å². The number of carbonyl (C=O) groups excluding carboxylic acids is 1. The normalized spacial score (nSPS) is 13.2. The monoisotopic (exact) mass is 221 g/mol. The van der Waals surface area contributed by atoms with E-state index >= 15 is 0 Å². The highest BCUT2D eigenvalue weighted by atomic mass is 79.9. The van der Waals surface area contributed by atoms with Crippen LogP contribution in [0.25, 0.3) is 0 Å². The van der Waals surface area contributed by atoms with Crippen LogP contribution in [-0.2, 0) is 4.79 Å². The maximum Gasteiger partial charge on any atom is 0.234 e. The van der Waals surface area contributed by atoms with E-state index in [1.807, 2.05) is 20.8 Å². The van der Waals surface area contributed by atoms with Crippen molar-refractivity contribution in [3.63, 3.8) is 0 Å². The van der Waals surface area contributed by atoms with Crippen molar-refractivity contribution in [2.24, 2.45) is 5.92 Å². The Morgan fingerprint density at radius 3 is 2.45 bits per heavy atom. The zero-order valence-corrected chi connectivity index (χ0v) is 8.94. The van der Waals surface area contributed by atoms with Gasteiger partial charge in [0.1, 0.15) is 0 Å². The molecule has 1 atom stereocenters. The highest BCUT2D eigenvalue weighted by molar-refractivity contribution is 9.10. The number of amides is 1. The van der Waals surface area contributed by atoms with Gasteiger partial charge in [-0.05, 0) is 12.3 Å². The molecule has 66 valence electrons. The second-order valence-corrected chi connectivity index (χ2v) is 3.92. The Hall–Kier alpha value is -0.0500. The molecule has 0 bridgehead atoms. The summed E-state index contributed by atoms with van der Waals surface area (Å²) in [5.74, 6) is 0.453. The van der Waals surface area contributed by atoms with Gasteiger partial charge in [0.05, 0.1) is 4.83 Å². The fraction of sp³-hybridized carbons (Fsp3) is 0.875. The van der Waals surface area contributed by atoms with Crippen molar-refractivity contribution in [1.29, 1.82) is 0 Å². The molecule has 0 aromatic rings. The average molecular weight is 222 g/mol. The van der Waals surface area contributed by atoms with Gasteiger partial charge in [-0.25, -0.2) is 0 Å². The zero-order chi connectivity index (χ0) is 8.85. The van der Waals surface area contributed by atoms with Gasteiger partial charge in [-0.15, -0.1) is 0 Å². The van der Waals surface area contributed by atoms with E-state index in [1.54, 1.807) is 0 Å². The Morgan fingerprint density at radius 1 is 1.55 bits per heavy atom. The van der Waals surface area contributed by atoms with Crippen LogP contribution in [-0.4, -0.2) is 17.3 Å². The summed E-state index contributed by atoms with van der Waals surface area (Å²) in [4.78, 5) is 11.1. The van der Waals surface area contributed by atoms with Crippen LogP contribution in [0.2, 0.25) is 0 Å². The third-order valence-electron chi connectivity index (χ3n) is 1.39. The lowest BCUT2D eigenvalue weighted by Gasteiger charge is -2.12. The number of carbonyl (C=O) groups is 1. The third kappa shape index (κ3) is 4.40. The average Bonchev–Trinajstić information content (AvgIpc) is 1.98. The number of hydrogen-bond acceptors (Lipinski definition) is 1. The minimum atomic E-state index is -0.0472. The van der Waals surface area contributed by atoms with Gasteiger partial charge < -0.3 is 5.32 Å². The Kier molecular flexibility index (Phi) is 5.56. The van der Waals surface area contributed by atoms with Crippen molar-refractivity contribution in [3.05, 3.63) is 0 Å². The number of alkyl halides is 1. The first-order chi connectivity index (χ1) is 5.09. The first kappa shape index (κ1) is 11.0. The van der Waals surface area contributed by atoms with E-state index in [4.69, 9.17) is 0 Å². The van der Waals surface area contributed by atoms with Crippen LogP contribution in [0.4, 0.5) is 0 Å². The Bertz CT molecular complexity index is 125. The lowest BCUT2D eigenvalue weighted by atomic mass is 10.1. The molecule has 11 heavy (non-hydrogen) atoms. The van der Waals surface area contributed by atoms with Gasteiger partial charge in [-0.1, -0.05) is 36.7 Å². The minimum Gasteiger partial charge on any atom is -0.355 e. The molecule has 0 aromatic carbocycles. The van der Waals surface area contributed by atoms with Gasteiger partial charge in [0.15, 0.2) is 0 Å². The van der Waals surface area contributed by atoms with Crippen molar-refractivity contribution in [2.45, 2.75) is 32.0 Å². The highest BCUT2D eigenvalue weighted by Gasteiger charge is 2.17. The lowest BCUT2D eigenvalue weighted by Crippen LogP contribution is -2.34. The molecule has 0 spiro atoms. The van der Waals surface area contributed by atoms with E-state index < -0.39 is 0 Å². The van der Waals surface area contributed by atoms with E-state index in [1.165, 1.54) is 0 Å². The van der Waals surface area contributed by atoms with E-state index in [2.05, 4.69) is 21.2 Å². The highest BCUT2D eigenvalue weighted by Crippen LogP contribution is 2.11. The largest absolute Gasteiger partial charge is 0.355 e. The summed E-state index contributed by atoms with van der Waals surface area (Å²) in [6, 6.07) is 0. The van der Waals surface area contributed by atoms with Crippen molar-refractivity contribution in [2.75, 3.05) is 6.54 Å². The van der Waals surface area contributed by atoms with Crippen molar-refractivity contribution >= 4 is 21.8 Å². The van der Waals surface area contributed by atoms with Gasteiger partial charge in [0.2, 0.25) is 5.91 Å². The van der Waals surface area contributed by atoms with Crippen LogP contribution in [0.5, 0.6) is 0 Å². The van der Waals surface area contributed by atoms with Gasteiger partial charge in [0, 0.05) is 6.54 Å². The summed E-state index contributed by atoms with van der Waals surface area (Å²) in [5.41, 5.74) is 0. The fourth-order valence-electron chi connectivity index (χ4n) is 0.648. The molecule has 0 rings (SSSR count). The van der Waals surface area contributed by atoms with Crippen LogP contribution < -0.4 is 5.32 Å². The van der Waals surface area contributed by atoms with E-state index in [0.717, 1.165) is 13.0 Å². The predicted molar refractivity (Wildman–Crippen MR) is 50.9 cm³/mol. The molecule has 1 N–H and O–H groups in total. The molecule has 0 heterocycles. The van der Waals surface area contributed by atoms with Gasteiger partial charge in [0.25, 0.3) is 0 Å². The van der Waals surface area contributed by atoms with E-state index in [9.17, 15) is 4.79 Å². The SMILES string of the molecule is CCCNC(=O)C(Br)C(C)C. The molecule has 0 aliphatic rings. The van der Waals surface area contributed by atoms with Gasteiger partial charge >= 0.3 is 0 Å². The number of hydrogen-bond donors (Lipinski definition) is 1. The molecular formula is C8H16BrNO. The lowest BCUT2D eigenvalue weighted by molar-refractivity contribution is -0.121. The zero-order valence-electron chi connectivity index (χ0n) is 7.36. The van der Waals surface area contributed by atoms with Gasteiger partial charge in [-0.3, -0.25) is 4.79 Å². The molecule has 0 radical (unpaired) electrons. The minimum absolute atomic E-state index is 0.0472. The molecule has 0 aliphatic carbocycles. The predicted octanol–water partition coefficient (Wildman–Crippen LogP) is 1.93. The van der Waals surface area contributed by atoms with E-state index in [-0.39, 0.29) is 10.7 Å². The van der Waals surface area contributed by atoms with Crippen molar-refractivity contribution < 1.29 is 4.79 Å². The fourth-order valence-corrected chi connectivity index (χ4v) is 0.810. The first-order valence-electron chi connectivity index (χ1n) is 4.01. The summed E-state index contributed by atoms with van der Waals surface area (Å²) in [6.45, 7) is 6.85. The maximum atomic E-state index is 11.2. The molecule has 1 amide bonds. The van der Waals surface area contributed by atoms with Gasteiger partial charge in [-0.2, -0.15) is 0 Å². The van der Waals surface area contributed by atoms with Crippen molar-refractivity contribution in [1.82, 2.24) is 5.32 Å². The second kappa shape index (κ2) is 5.58. The first-order valence-corrected chi connectivity index (χ1v) is 4.93. The quantitative estimate of drug-likeness (QED) is 0.723. The topological polar surface area (TPSA) is 29.1 Å². The summed E-state index contributed by atoms with van der Waals surface area (Å²) in [7, 11) is 0. The smallest absolute Gasteiger partial charge is 0.234 e. The van der Waals surface area contributed by atoms with Crippen LogP contribution in [0.15, 0.2) is 0 Å². The molecule has 0 saturated carbocycles. The molecule has 0 fully saturated rings. The van der Waals surface area contributed by atoms with Crippen LogP contribution >= 0.6 is 15.9 Å². The summed E-state index contributed by atoms with van der Waals surface area (Å²) in [6.07, 6.45) is 0.990. The molecular weight excluding hydrogens is 206 g/mol. The molecule has 0 aliphatic heterocycles. The van der Waals surface area contributed by atoms with Crippen LogP contribution in [0.3, 0.4) is 0 Å². The second-order valence-electron chi connectivity index (χ2n) is 2.94. The summed E-state index contributed by atoms with van der Waals surface area (Å²) >= 11 is 3.33. The standard InChI is InChI=1S/C8H16BrNO/c1-4-5-10-8(11)7(9)6(2)3/h6-7H,4-5H2,1-3H3,(H,10,11).